The van der Waals surface area contributed by atoms with Crippen molar-refractivity contribution in [3.8, 4) is 11.5 Å². The summed E-state index contributed by atoms with van der Waals surface area (Å²) in [6, 6.07) is 10.4. The number of anilines is 1. The second-order valence-electron chi connectivity index (χ2n) is 4.52. The summed E-state index contributed by atoms with van der Waals surface area (Å²) in [6.07, 6.45) is 0.184. The van der Waals surface area contributed by atoms with Gasteiger partial charge in [0.1, 0.15) is 0 Å². The Kier molecular flexibility index (Phi) is 5.52. The Balaban J connectivity index is 2.10. The van der Waals surface area contributed by atoms with Crippen molar-refractivity contribution in [1.82, 2.24) is 0 Å². The zero-order valence-electron chi connectivity index (χ0n) is 12.2. The van der Waals surface area contributed by atoms with Crippen molar-refractivity contribution in [3.05, 3.63) is 52.0 Å². The van der Waals surface area contributed by atoms with Crippen LogP contribution in [0.2, 0.25) is 10.0 Å². The number of rotatable bonds is 5. The van der Waals surface area contributed by atoms with Gasteiger partial charge in [-0.2, -0.15) is 0 Å². The molecule has 1 amide bonds. The molecule has 0 heterocycles. The molecule has 0 radical (unpaired) electrons. The summed E-state index contributed by atoms with van der Waals surface area (Å²) in [4.78, 5) is 12.1. The van der Waals surface area contributed by atoms with Crippen LogP contribution in [0.25, 0.3) is 0 Å². The second kappa shape index (κ2) is 7.38. The SMILES string of the molecule is COc1ccc(CC(=O)Nc2cccc(Cl)c2Cl)cc1OC. The van der Waals surface area contributed by atoms with Crippen LogP contribution in [0.4, 0.5) is 5.69 Å². The fourth-order valence-electron chi connectivity index (χ4n) is 1.97. The summed E-state index contributed by atoms with van der Waals surface area (Å²) < 4.78 is 10.4. The summed E-state index contributed by atoms with van der Waals surface area (Å²) in [5.74, 6) is 0.995. The Morgan fingerprint density at radius 2 is 1.82 bits per heavy atom. The second-order valence-corrected chi connectivity index (χ2v) is 5.30. The molecule has 0 saturated heterocycles. The number of carbonyl (C=O) groups is 1. The Morgan fingerprint density at radius 1 is 1.09 bits per heavy atom. The van der Waals surface area contributed by atoms with E-state index in [0.717, 1.165) is 5.56 Å². The molecule has 0 bridgehead atoms. The van der Waals surface area contributed by atoms with Gasteiger partial charge in [0.15, 0.2) is 11.5 Å². The van der Waals surface area contributed by atoms with Crippen molar-refractivity contribution >= 4 is 34.8 Å². The van der Waals surface area contributed by atoms with E-state index in [4.69, 9.17) is 32.7 Å². The van der Waals surface area contributed by atoms with Gasteiger partial charge >= 0.3 is 0 Å². The number of hydrogen-bond acceptors (Lipinski definition) is 3. The van der Waals surface area contributed by atoms with Crippen molar-refractivity contribution in [3.63, 3.8) is 0 Å². The van der Waals surface area contributed by atoms with Crippen LogP contribution in [0.1, 0.15) is 5.56 Å². The average molecular weight is 340 g/mol. The van der Waals surface area contributed by atoms with Crippen LogP contribution in [0.3, 0.4) is 0 Å². The molecular formula is C16H15Cl2NO3. The van der Waals surface area contributed by atoms with Crippen LogP contribution in [-0.2, 0) is 11.2 Å². The first kappa shape index (κ1) is 16.5. The highest BCUT2D eigenvalue weighted by molar-refractivity contribution is 6.43. The van der Waals surface area contributed by atoms with E-state index in [-0.39, 0.29) is 12.3 Å². The van der Waals surface area contributed by atoms with Gasteiger partial charge in [0, 0.05) is 0 Å². The molecule has 116 valence electrons. The van der Waals surface area contributed by atoms with E-state index >= 15 is 0 Å². The first-order valence-corrected chi connectivity index (χ1v) is 7.25. The third-order valence-corrected chi connectivity index (χ3v) is 3.86. The van der Waals surface area contributed by atoms with Crippen LogP contribution in [0.5, 0.6) is 11.5 Å². The molecule has 0 aromatic heterocycles. The topological polar surface area (TPSA) is 47.6 Å². The van der Waals surface area contributed by atoms with Gasteiger partial charge in [-0.05, 0) is 29.8 Å². The van der Waals surface area contributed by atoms with Gasteiger partial charge in [-0.15, -0.1) is 0 Å². The molecule has 4 nitrogen and oxygen atoms in total. The summed E-state index contributed by atoms with van der Waals surface area (Å²) in [6.45, 7) is 0. The number of amides is 1. The molecule has 0 fully saturated rings. The Morgan fingerprint density at radius 3 is 2.50 bits per heavy atom. The van der Waals surface area contributed by atoms with E-state index in [0.29, 0.717) is 27.2 Å². The molecule has 0 atom stereocenters. The molecule has 0 unspecified atom stereocenters. The lowest BCUT2D eigenvalue weighted by Crippen LogP contribution is -2.14. The van der Waals surface area contributed by atoms with E-state index < -0.39 is 0 Å². The minimum Gasteiger partial charge on any atom is -0.493 e. The van der Waals surface area contributed by atoms with E-state index in [1.807, 2.05) is 0 Å². The van der Waals surface area contributed by atoms with Gasteiger partial charge in [-0.3, -0.25) is 4.79 Å². The van der Waals surface area contributed by atoms with Crippen molar-refractivity contribution in [1.29, 1.82) is 0 Å². The number of methoxy groups -OCH3 is 2. The van der Waals surface area contributed by atoms with E-state index in [1.54, 1.807) is 50.6 Å². The molecule has 2 rings (SSSR count). The Hall–Kier alpha value is -1.91. The molecule has 0 aliphatic heterocycles. The molecule has 6 heteroatoms. The zero-order valence-corrected chi connectivity index (χ0v) is 13.7. The van der Waals surface area contributed by atoms with Gasteiger partial charge in [-0.25, -0.2) is 0 Å². The maximum absolute atomic E-state index is 12.1. The third kappa shape index (κ3) is 3.84. The maximum Gasteiger partial charge on any atom is 0.228 e. The summed E-state index contributed by atoms with van der Waals surface area (Å²) in [5.41, 5.74) is 1.29. The van der Waals surface area contributed by atoms with E-state index in [1.165, 1.54) is 0 Å². The number of carbonyl (C=O) groups excluding carboxylic acids is 1. The van der Waals surface area contributed by atoms with Gasteiger partial charge < -0.3 is 14.8 Å². The van der Waals surface area contributed by atoms with Crippen LogP contribution in [0, 0.1) is 0 Å². The van der Waals surface area contributed by atoms with Crippen molar-refractivity contribution in [2.75, 3.05) is 19.5 Å². The average Bonchev–Trinajstić information content (AvgIpc) is 2.51. The van der Waals surface area contributed by atoms with Crippen LogP contribution < -0.4 is 14.8 Å². The van der Waals surface area contributed by atoms with Crippen LogP contribution in [0.15, 0.2) is 36.4 Å². The quantitative estimate of drug-likeness (QED) is 0.888. The normalized spacial score (nSPS) is 10.2. The van der Waals surface area contributed by atoms with Crippen LogP contribution >= 0.6 is 23.2 Å². The maximum atomic E-state index is 12.1. The van der Waals surface area contributed by atoms with Gasteiger partial charge in [0.25, 0.3) is 0 Å². The summed E-state index contributed by atoms with van der Waals surface area (Å²) in [5, 5.41) is 3.46. The molecule has 2 aromatic carbocycles. The fourth-order valence-corrected chi connectivity index (χ4v) is 2.32. The molecule has 1 N–H and O–H groups in total. The molecule has 0 spiro atoms. The van der Waals surface area contributed by atoms with Crippen molar-refractivity contribution in [2.24, 2.45) is 0 Å². The minimum absolute atomic E-state index is 0.184. The summed E-state index contributed by atoms with van der Waals surface area (Å²) in [7, 11) is 3.11. The molecule has 0 aliphatic carbocycles. The summed E-state index contributed by atoms with van der Waals surface area (Å²) >= 11 is 12.0. The lowest BCUT2D eigenvalue weighted by Gasteiger charge is -2.11. The zero-order chi connectivity index (χ0) is 16.1. The van der Waals surface area contributed by atoms with Crippen LogP contribution in [-0.4, -0.2) is 20.1 Å². The van der Waals surface area contributed by atoms with Gasteiger partial charge in [0.2, 0.25) is 5.91 Å². The van der Waals surface area contributed by atoms with E-state index in [9.17, 15) is 4.79 Å². The predicted molar refractivity (Wildman–Crippen MR) is 88.3 cm³/mol. The van der Waals surface area contributed by atoms with Crippen molar-refractivity contribution in [2.45, 2.75) is 6.42 Å². The molecular weight excluding hydrogens is 325 g/mol. The number of nitrogens with one attached hydrogen (secondary N) is 1. The third-order valence-electron chi connectivity index (χ3n) is 3.04. The highest BCUT2D eigenvalue weighted by atomic mass is 35.5. The lowest BCUT2D eigenvalue weighted by atomic mass is 10.1. The molecule has 0 saturated carbocycles. The largest absolute Gasteiger partial charge is 0.493 e. The lowest BCUT2D eigenvalue weighted by molar-refractivity contribution is -0.115. The Bertz CT molecular complexity index is 689. The molecule has 2 aromatic rings. The monoisotopic (exact) mass is 339 g/mol. The smallest absolute Gasteiger partial charge is 0.228 e. The van der Waals surface area contributed by atoms with E-state index in [2.05, 4.69) is 5.32 Å². The minimum atomic E-state index is -0.198. The highest BCUT2D eigenvalue weighted by Gasteiger charge is 2.11. The number of halogens is 2. The first-order chi connectivity index (χ1) is 10.5. The first-order valence-electron chi connectivity index (χ1n) is 6.50. The molecule has 22 heavy (non-hydrogen) atoms. The Labute approximate surface area is 138 Å². The van der Waals surface area contributed by atoms with Gasteiger partial charge in [0.05, 0.1) is 36.4 Å². The number of benzene rings is 2. The predicted octanol–water partition coefficient (Wildman–Crippen LogP) is 4.19. The molecule has 0 aliphatic rings. The number of ether oxygens (including phenoxy) is 2. The highest BCUT2D eigenvalue weighted by Crippen LogP contribution is 2.30. The number of hydrogen-bond donors (Lipinski definition) is 1. The standard InChI is InChI=1S/C16H15Cl2NO3/c1-21-13-7-6-10(8-14(13)22-2)9-15(20)19-12-5-3-4-11(17)16(12)18/h3-8H,9H2,1-2H3,(H,19,20). The van der Waals surface area contributed by atoms with Gasteiger partial charge in [-0.1, -0.05) is 35.3 Å². The van der Waals surface area contributed by atoms with Crippen molar-refractivity contribution < 1.29 is 14.3 Å². The fraction of sp³-hybridized carbons (Fsp3) is 0.188.